The highest BCUT2D eigenvalue weighted by Crippen LogP contribution is 2.23. The Morgan fingerprint density at radius 3 is 2.64 bits per heavy atom. The molecule has 6 heteroatoms. The highest BCUT2D eigenvalue weighted by Gasteiger charge is 2.10. The van der Waals surface area contributed by atoms with Crippen LogP contribution in [-0.2, 0) is 6.54 Å². The summed E-state index contributed by atoms with van der Waals surface area (Å²) in [6.45, 7) is 3.57. The van der Waals surface area contributed by atoms with Crippen molar-refractivity contribution in [3.05, 3.63) is 77.2 Å². The van der Waals surface area contributed by atoms with Crippen LogP contribution in [0.1, 0.15) is 12.5 Å². The van der Waals surface area contributed by atoms with Gasteiger partial charge >= 0.3 is 0 Å². The molecule has 2 aromatic carbocycles. The molecule has 0 aliphatic carbocycles. The molecule has 0 bridgehead atoms. The SMILES string of the molecule is CCN(Cc1ccccc1)c1nccc(Nc2ccc(F)c(Cl)c2)n1. The second-order valence-corrected chi connectivity index (χ2v) is 5.90. The zero-order valence-electron chi connectivity index (χ0n) is 13.8. The van der Waals surface area contributed by atoms with Gasteiger partial charge in [-0.25, -0.2) is 9.37 Å². The first-order valence-electron chi connectivity index (χ1n) is 7.99. The van der Waals surface area contributed by atoms with E-state index in [4.69, 9.17) is 11.6 Å². The van der Waals surface area contributed by atoms with Crippen LogP contribution in [0.3, 0.4) is 0 Å². The maximum absolute atomic E-state index is 13.3. The average molecular weight is 357 g/mol. The van der Waals surface area contributed by atoms with Crippen molar-refractivity contribution in [2.75, 3.05) is 16.8 Å². The van der Waals surface area contributed by atoms with Crippen molar-refractivity contribution in [1.29, 1.82) is 0 Å². The molecule has 1 aromatic heterocycles. The van der Waals surface area contributed by atoms with Crippen molar-refractivity contribution in [2.45, 2.75) is 13.5 Å². The summed E-state index contributed by atoms with van der Waals surface area (Å²) in [6.07, 6.45) is 1.70. The van der Waals surface area contributed by atoms with Crippen LogP contribution in [0.25, 0.3) is 0 Å². The minimum absolute atomic E-state index is 0.0681. The van der Waals surface area contributed by atoms with E-state index in [1.165, 1.54) is 17.7 Å². The lowest BCUT2D eigenvalue weighted by molar-refractivity contribution is 0.628. The number of aromatic nitrogens is 2. The van der Waals surface area contributed by atoms with E-state index in [1.54, 1.807) is 18.3 Å². The Morgan fingerprint density at radius 2 is 1.92 bits per heavy atom. The summed E-state index contributed by atoms with van der Waals surface area (Å²) >= 11 is 5.82. The van der Waals surface area contributed by atoms with Crippen LogP contribution in [0, 0.1) is 5.82 Å². The third-order valence-corrected chi connectivity index (χ3v) is 4.01. The van der Waals surface area contributed by atoms with Crippen molar-refractivity contribution in [1.82, 2.24) is 9.97 Å². The zero-order chi connectivity index (χ0) is 17.6. The smallest absolute Gasteiger partial charge is 0.227 e. The molecule has 0 saturated carbocycles. The molecular formula is C19H18ClFN4. The minimum atomic E-state index is -0.449. The van der Waals surface area contributed by atoms with Crippen molar-refractivity contribution >= 4 is 29.1 Å². The Kier molecular flexibility index (Phi) is 5.46. The lowest BCUT2D eigenvalue weighted by atomic mass is 10.2. The maximum Gasteiger partial charge on any atom is 0.227 e. The van der Waals surface area contributed by atoms with E-state index in [2.05, 4.69) is 39.2 Å². The summed E-state index contributed by atoms with van der Waals surface area (Å²) in [6, 6.07) is 16.4. The summed E-state index contributed by atoms with van der Waals surface area (Å²) < 4.78 is 13.3. The molecule has 3 rings (SSSR count). The Bertz CT molecular complexity index is 842. The fourth-order valence-electron chi connectivity index (χ4n) is 2.42. The first-order valence-corrected chi connectivity index (χ1v) is 8.37. The number of nitrogens with zero attached hydrogens (tertiary/aromatic N) is 3. The van der Waals surface area contributed by atoms with Crippen LogP contribution in [0.2, 0.25) is 5.02 Å². The number of hydrogen-bond acceptors (Lipinski definition) is 4. The van der Waals surface area contributed by atoms with E-state index in [9.17, 15) is 4.39 Å². The van der Waals surface area contributed by atoms with Gasteiger partial charge in [-0.1, -0.05) is 41.9 Å². The van der Waals surface area contributed by atoms with Crippen molar-refractivity contribution in [3.8, 4) is 0 Å². The maximum atomic E-state index is 13.3. The van der Waals surface area contributed by atoms with Crippen LogP contribution >= 0.6 is 11.6 Å². The summed E-state index contributed by atoms with van der Waals surface area (Å²) in [5, 5.41) is 3.19. The van der Waals surface area contributed by atoms with Gasteiger partial charge in [0.25, 0.3) is 0 Å². The summed E-state index contributed by atoms with van der Waals surface area (Å²) in [7, 11) is 0. The average Bonchev–Trinajstić information content (AvgIpc) is 2.64. The molecule has 3 aromatic rings. The fourth-order valence-corrected chi connectivity index (χ4v) is 2.60. The number of rotatable bonds is 6. The van der Waals surface area contributed by atoms with Crippen LogP contribution in [0.15, 0.2) is 60.8 Å². The molecule has 0 saturated heterocycles. The van der Waals surface area contributed by atoms with Gasteiger partial charge in [0.15, 0.2) is 0 Å². The molecule has 1 N–H and O–H groups in total. The number of halogens is 2. The van der Waals surface area contributed by atoms with E-state index in [0.29, 0.717) is 17.5 Å². The Labute approximate surface area is 151 Å². The predicted octanol–water partition coefficient (Wildman–Crippen LogP) is 5.04. The van der Waals surface area contributed by atoms with E-state index >= 15 is 0 Å². The monoisotopic (exact) mass is 356 g/mol. The van der Waals surface area contributed by atoms with Gasteiger partial charge in [0.1, 0.15) is 11.6 Å². The first-order chi connectivity index (χ1) is 12.2. The highest BCUT2D eigenvalue weighted by atomic mass is 35.5. The topological polar surface area (TPSA) is 41.1 Å². The summed E-state index contributed by atoms with van der Waals surface area (Å²) in [5.41, 5.74) is 1.86. The molecule has 0 spiro atoms. The molecule has 0 aliphatic heterocycles. The van der Waals surface area contributed by atoms with Gasteiger partial charge in [-0.3, -0.25) is 0 Å². The number of hydrogen-bond donors (Lipinski definition) is 1. The number of anilines is 3. The van der Waals surface area contributed by atoms with Crippen molar-refractivity contribution in [3.63, 3.8) is 0 Å². The van der Waals surface area contributed by atoms with Crippen LogP contribution in [0.5, 0.6) is 0 Å². The molecule has 128 valence electrons. The quantitative estimate of drug-likeness (QED) is 0.671. The highest BCUT2D eigenvalue weighted by molar-refractivity contribution is 6.31. The number of nitrogens with one attached hydrogen (secondary N) is 1. The van der Waals surface area contributed by atoms with E-state index in [1.807, 2.05) is 18.2 Å². The Hall–Kier alpha value is -2.66. The van der Waals surface area contributed by atoms with Gasteiger partial charge in [0, 0.05) is 25.0 Å². The van der Waals surface area contributed by atoms with Crippen molar-refractivity contribution < 1.29 is 4.39 Å². The van der Waals surface area contributed by atoms with E-state index in [0.717, 1.165) is 13.1 Å². The molecule has 0 fully saturated rings. The second-order valence-electron chi connectivity index (χ2n) is 5.50. The van der Waals surface area contributed by atoms with Crippen LogP contribution in [0.4, 0.5) is 21.8 Å². The standard InChI is InChI=1S/C19H18ClFN4/c1-2-25(13-14-6-4-3-5-7-14)19-22-11-10-18(24-19)23-15-8-9-17(21)16(20)12-15/h3-12H,2,13H2,1H3,(H,22,23,24). The Morgan fingerprint density at radius 1 is 1.12 bits per heavy atom. The van der Waals surface area contributed by atoms with E-state index < -0.39 is 5.82 Å². The van der Waals surface area contributed by atoms with Gasteiger partial charge < -0.3 is 10.2 Å². The largest absolute Gasteiger partial charge is 0.340 e. The van der Waals surface area contributed by atoms with Gasteiger partial charge in [-0.15, -0.1) is 0 Å². The van der Waals surface area contributed by atoms with Crippen LogP contribution in [-0.4, -0.2) is 16.5 Å². The lowest BCUT2D eigenvalue weighted by Crippen LogP contribution is -2.24. The third kappa shape index (κ3) is 4.45. The molecule has 0 aliphatic rings. The van der Waals surface area contributed by atoms with Crippen LogP contribution < -0.4 is 10.2 Å². The molecular weight excluding hydrogens is 339 g/mol. The molecule has 4 nitrogen and oxygen atoms in total. The van der Waals surface area contributed by atoms with E-state index in [-0.39, 0.29) is 5.02 Å². The molecule has 25 heavy (non-hydrogen) atoms. The number of benzene rings is 2. The molecule has 0 unspecified atom stereocenters. The molecule has 1 heterocycles. The third-order valence-electron chi connectivity index (χ3n) is 3.72. The summed E-state index contributed by atoms with van der Waals surface area (Å²) in [4.78, 5) is 11.0. The van der Waals surface area contributed by atoms with Gasteiger partial charge in [0.2, 0.25) is 5.95 Å². The fraction of sp³-hybridized carbons (Fsp3) is 0.158. The molecule has 0 amide bonds. The first kappa shape index (κ1) is 17.2. The normalized spacial score (nSPS) is 10.5. The summed E-state index contributed by atoms with van der Waals surface area (Å²) in [5.74, 6) is 0.805. The van der Waals surface area contributed by atoms with Gasteiger partial charge in [-0.2, -0.15) is 4.98 Å². The van der Waals surface area contributed by atoms with Crippen molar-refractivity contribution in [2.24, 2.45) is 0 Å². The van der Waals surface area contributed by atoms with Gasteiger partial charge in [0.05, 0.1) is 5.02 Å². The second kappa shape index (κ2) is 7.94. The Balaban J connectivity index is 1.78. The zero-order valence-corrected chi connectivity index (χ0v) is 14.5. The molecule has 0 atom stereocenters. The molecule has 0 radical (unpaired) electrons. The van der Waals surface area contributed by atoms with Gasteiger partial charge in [-0.05, 0) is 36.8 Å². The minimum Gasteiger partial charge on any atom is -0.340 e. The lowest BCUT2D eigenvalue weighted by Gasteiger charge is -2.21. The predicted molar refractivity (Wildman–Crippen MR) is 99.9 cm³/mol.